The van der Waals surface area contributed by atoms with Crippen LogP contribution < -0.4 is 4.74 Å². The SMILES string of the molecule is OCc1cc(OC2CCCOC2)ccc1Br. The molecular weight excluding hydrogens is 272 g/mol. The van der Waals surface area contributed by atoms with E-state index in [-0.39, 0.29) is 12.7 Å². The molecule has 1 unspecified atom stereocenters. The lowest BCUT2D eigenvalue weighted by Gasteiger charge is -2.23. The highest BCUT2D eigenvalue weighted by molar-refractivity contribution is 9.10. The topological polar surface area (TPSA) is 38.7 Å². The van der Waals surface area contributed by atoms with Crippen LogP contribution in [0.15, 0.2) is 22.7 Å². The summed E-state index contributed by atoms with van der Waals surface area (Å²) in [5, 5.41) is 9.14. The Morgan fingerprint density at radius 1 is 1.50 bits per heavy atom. The summed E-state index contributed by atoms with van der Waals surface area (Å²) in [6.45, 7) is 1.51. The van der Waals surface area contributed by atoms with Gasteiger partial charge < -0.3 is 14.6 Å². The van der Waals surface area contributed by atoms with Crippen LogP contribution in [0, 0.1) is 0 Å². The van der Waals surface area contributed by atoms with Gasteiger partial charge in [0.15, 0.2) is 0 Å². The summed E-state index contributed by atoms with van der Waals surface area (Å²) in [7, 11) is 0. The van der Waals surface area contributed by atoms with E-state index in [4.69, 9.17) is 14.6 Å². The first-order valence-corrected chi connectivity index (χ1v) is 6.22. The van der Waals surface area contributed by atoms with E-state index >= 15 is 0 Å². The van der Waals surface area contributed by atoms with Crippen molar-refractivity contribution < 1.29 is 14.6 Å². The maximum Gasteiger partial charge on any atom is 0.122 e. The Kier molecular flexibility index (Phi) is 4.21. The Labute approximate surface area is 104 Å². The molecule has 0 saturated carbocycles. The Morgan fingerprint density at radius 2 is 2.38 bits per heavy atom. The molecule has 0 amide bonds. The van der Waals surface area contributed by atoms with Crippen molar-refractivity contribution in [3.63, 3.8) is 0 Å². The largest absolute Gasteiger partial charge is 0.488 e. The van der Waals surface area contributed by atoms with Crippen LogP contribution in [0.5, 0.6) is 5.75 Å². The molecule has 1 aliphatic heterocycles. The van der Waals surface area contributed by atoms with Crippen LogP contribution in [0.2, 0.25) is 0 Å². The molecule has 4 heteroatoms. The van der Waals surface area contributed by atoms with E-state index in [0.29, 0.717) is 6.61 Å². The monoisotopic (exact) mass is 286 g/mol. The van der Waals surface area contributed by atoms with Gasteiger partial charge in [-0.3, -0.25) is 0 Å². The first-order valence-electron chi connectivity index (χ1n) is 5.43. The smallest absolute Gasteiger partial charge is 0.122 e. The number of aliphatic hydroxyl groups is 1. The molecule has 2 rings (SSSR count). The summed E-state index contributed by atoms with van der Waals surface area (Å²) in [4.78, 5) is 0. The minimum Gasteiger partial charge on any atom is -0.488 e. The summed E-state index contributed by atoms with van der Waals surface area (Å²) in [6.07, 6.45) is 2.22. The molecule has 3 nitrogen and oxygen atoms in total. The van der Waals surface area contributed by atoms with Gasteiger partial charge in [-0.05, 0) is 36.6 Å². The van der Waals surface area contributed by atoms with Gasteiger partial charge in [-0.25, -0.2) is 0 Å². The number of hydrogen-bond donors (Lipinski definition) is 1. The number of benzene rings is 1. The van der Waals surface area contributed by atoms with Crippen LogP contribution >= 0.6 is 15.9 Å². The first-order chi connectivity index (χ1) is 7.79. The molecule has 1 aliphatic rings. The molecule has 0 aromatic heterocycles. The van der Waals surface area contributed by atoms with E-state index in [9.17, 15) is 0 Å². The molecule has 1 aromatic carbocycles. The Bertz CT molecular complexity index is 348. The van der Waals surface area contributed by atoms with E-state index < -0.39 is 0 Å². The minimum atomic E-state index is 0.0128. The second-order valence-corrected chi connectivity index (χ2v) is 4.72. The van der Waals surface area contributed by atoms with E-state index in [2.05, 4.69) is 15.9 Å². The van der Waals surface area contributed by atoms with Crippen molar-refractivity contribution in [3.05, 3.63) is 28.2 Å². The van der Waals surface area contributed by atoms with E-state index in [0.717, 1.165) is 35.2 Å². The molecule has 0 aliphatic carbocycles. The molecule has 1 atom stereocenters. The molecular formula is C12H15BrO3. The maximum absolute atomic E-state index is 9.14. The third-order valence-electron chi connectivity index (χ3n) is 2.61. The summed E-state index contributed by atoms with van der Waals surface area (Å²) < 4.78 is 12.1. The van der Waals surface area contributed by atoms with Crippen molar-refractivity contribution in [3.8, 4) is 5.75 Å². The van der Waals surface area contributed by atoms with Crippen LogP contribution in [0.4, 0.5) is 0 Å². The van der Waals surface area contributed by atoms with E-state index in [1.807, 2.05) is 18.2 Å². The fourth-order valence-electron chi connectivity index (χ4n) is 1.74. The number of ether oxygens (including phenoxy) is 2. The van der Waals surface area contributed by atoms with Crippen molar-refractivity contribution >= 4 is 15.9 Å². The molecule has 1 fully saturated rings. The van der Waals surface area contributed by atoms with Crippen molar-refractivity contribution in [1.29, 1.82) is 0 Å². The second kappa shape index (κ2) is 5.66. The highest BCUT2D eigenvalue weighted by Gasteiger charge is 2.15. The highest BCUT2D eigenvalue weighted by Crippen LogP contribution is 2.24. The predicted octanol–water partition coefficient (Wildman–Crippen LogP) is 2.50. The van der Waals surface area contributed by atoms with Gasteiger partial charge in [0, 0.05) is 11.1 Å². The Hall–Kier alpha value is -0.580. The van der Waals surface area contributed by atoms with E-state index in [1.165, 1.54) is 0 Å². The quantitative estimate of drug-likeness (QED) is 0.928. The lowest BCUT2D eigenvalue weighted by Crippen LogP contribution is -2.28. The predicted molar refractivity (Wildman–Crippen MR) is 64.5 cm³/mol. The van der Waals surface area contributed by atoms with Crippen LogP contribution in [0.1, 0.15) is 18.4 Å². The molecule has 0 bridgehead atoms. The van der Waals surface area contributed by atoms with Gasteiger partial charge in [0.25, 0.3) is 0 Å². The normalized spacial score (nSPS) is 20.8. The van der Waals surface area contributed by atoms with Crippen LogP contribution in [-0.2, 0) is 11.3 Å². The molecule has 1 saturated heterocycles. The van der Waals surface area contributed by atoms with Gasteiger partial charge in [-0.1, -0.05) is 15.9 Å². The van der Waals surface area contributed by atoms with Gasteiger partial charge in [0.2, 0.25) is 0 Å². The first kappa shape index (κ1) is 11.9. The van der Waals surface area contributed by atoms with Gasteiger partial charge >= 0.3 is 0 Å². The lowest BCUT2D eigenvalue weighted by molar-refractivity contribution is 0.00736. The zero-order valence-corrected chi connectivity index (χ0v) is 10.6. The van der Waals surface area contributed by atoms with Crippen molar-refractivity contribution in [1.82, 2.24) is 0 Å². The van der Waals surface area contributed by atoms with Gasteiger partial charge in [0.1, 0.15) is 11.9 Å². The third kappa shape index (κ3) is 2.97. The minimum absolute atomic E-state index is 0.0128. The van der Waals surface area contributed by atoms with Crippen LogP contribution in [0.25, 0.3) is 0 Å². The average molecular weight is 287 g/mol. The molecule has 1 aromatic rings. The Balaban J connectivity index is 2.03. The summed E-state index contributed by atoms with van der Waals surface area (Å²) in [5.74, 6) is 0.794. The average Bonchev–Trinajstić information content (AvgIpc) is 2.33. The maximum atomic E-state index is 9.14. The zero-order chi connectivity index (χ0) is 11.4. The fourth-order valence-corrected chi connectivity index (χ4v) is 2.11. The van der Waals surface area contributed by atoms with Gasteiger partial charge in [0.05, 0.1) is 13.2 Å². The van der Waals surface area contributed by atoms with Crippen LogP contribution in [-0.4, -0.2) is 24.4 Å². The molecule has 16 heavy (non-hydrogen) atoms. The Morgan fingerprint density at radius 3 is 3.06 bits per heavy atom. The molecule has 1 N–H and O–H groups in total. The molecule has 1 heterocycles. The van der Waals surface area contributed by atoms with Gasteiger partial charge in [-0.2, -0.15) is 0 Å². The molecule has 0 radical (unpaired) electrons. The highest BCUT2D eigenvalue weighted by atomic mass is 79.9. The molecule has 88 valence electrons. The molecule has 0 spiro atoms. The number of halogens is 1. The lowest BCUT2D eigenvalue weighted by atomic mass is 10.1. The summed E-state index contributed by atoms with van der Waals surface area (Å²) >= 11 is 3.38. The van der Waals surface area contributed by atoms with Crippen LogP contribution in [0.3, 0.4) is 0 Å². The van der Waals surface area contributed by atoms with Gasteiger partial charge in [-0.15, -0.1) is 0 Å². The zero-order valence-electron chi connectivity index (χ0n) is 8.99. The third-order valence-corrected chi connectivity index (χ3v) is 3.38. The van der Waals surface area contributed by atoms with Crippen molar-refractivity contribution in [2.24, 2.45) is 0 Å². The number of rotatable bonds is 3. The van der Waals surface area contributed by atoms with Crippen molar-refractivity contribution in [2.75, 3.05) is 13.2 Å². The summed E-state index contributed by atoms with van der Waals surface area (Å²) in [5.41, 5.74) is 0.842. The fraction of sp³-hybridized carbons (Fsp3) is 0.500. The number of aliphatic hydroxyl groups excluding tert-OH is 1. The standard InChI is InChI=1S/C12H15BrO3/c13-12-4-3-10(6-9(12)7-14)16-11-2-1-5-15-8-11/h3-4,6,11,14H,1-2,5,7-8H2. The van der Waals surface area contributed by atoms with Crippen molar-refractivity contribution in [2.45, 2.75) is 25.6 Å². The van der Waals surface area contributed by atoms with E-state index in [1.54, 1.807) is 0 Å². The number of hydrogen-bond acceptors (Lipinski definition) is 3. The second-order valence-electron chi connectivity index (χ2n) is 3.87. The summed E-state index contributed by atoms with van der Waals surface area (Å²) in [6, 6.07) is 5.65.